The van der Waals surface area contributed by atoms with Gasteiger partial charge in [0.15, 0.2) is 5.76 Å². The molecule has 4 heteroatoms. The Bertz CT molecular complexity index is 474. The lowest BCUT2D eigenvalue weighted by atomic mass is 10.1. The standard InChI is InChI=1S/C13H12NO3/c15-8-7-10-3-5-11(6-4-10)14-13(16)12-2-1-9-17-12/h1-6,9H,7-8H2,(H,14,16). The minimum absolute atomic E-state index is 0.127. The molecule has 1 aromatic heterocycles. The topological polar surface area (TPSA) is 62.1 Å². The monoisotopic (exact) mass is 230 g/mol. The molecule has 0 unspecified atom stereocenters. The Labute approximate surface area is 98.9 Å². The Hall–Kier alpha value is -2.07. The summed E-state index contributed by atoms with van der Waals surface area (Å²) in [7, 11) is 0. The highest BCUT2D eigenvalue weighted by molar-refractivity contribution is 6.02. The number of hydrogen-bond donors (Lipinski definition) is 1. The molecular weight excluding hydrogens is 218 g/mol. The molecule has 0 saturated carbocycles. The van der Waals surface area contributed by atoms with E-state index in [4.69, 9.17) is 4.42 Å². The number of nitrogens with one attached hydrogen (secondary N) is 1. The molecule has 0 saturated heterocycles. The van der Waals surface area contributed by atoms with E-state index in [1.54, 1.807) is 24.3 Å². The largest absolute Gasteiger partial charge is 0.459 e. The minimum Gasteiger partial charge on any atom is -0.459 e. The second-order valence-electron chi connectivity index (χ2n) is 3.58. The molecule has 0 spiro atoms. The van der Waals surface area contributed by atoms with Gasteiger partial charge in [-0.25, -0.2) is 5.11 Å². The third-order valence-electron chi connectivity index (χ3n) is 2.35. The van der Waals surface area contributed by atoms with Crippen LogP contribution in [0.5, 0.6) is 0 Å². The zero-order valence-electron chi connectivity index (χ0n) is 9.18. The number of amides is 1. The van der Waals surface area contributed by atoms with E-state index in [2.05, 4.69) is 5.32 Å². The maximum atomic E-state index is 11.6. The molecule has 1 heterocycles. The first-order valence-corrected chi connectivity index (χ1v) is 5.31. The van der Waals surface area contributed by atoms with Crippen molar-refractivity contribution in [3.05, 3.63) is 54.0 Å². The van der Waals surface area contributed by atoms with Gasteiger partial charge in [0.25, 0.3) is 5.91 Å². The zero-order valence-corrected chi connectivity index (χ0v) is 9.18. The third kappa shape index (κ3) is 2.95. The second kappa shape index (κ2) is 5.32. The van der Waals surface area contributed by atoms with Crippen LogP contribution in [-0.2, 0) is 11.5 Å². The van der Waals surface area contributed by atoms with Gasteiger partial charge in [-0.3, -0.25) is 4.79 Å². The summed E-state index contributed by atoms with van der Waals surface area (Å²) >= 11 is 0. The fourth-order valence-corrected chi connectivity index (χ4v) is 1.47. The van der Waals surface area contributed by atoms with Gasteiger partial charge in [0.2, 0.25) is 0 Å². The molecule has 0 atom stereocenters. The third-order valence-corrected chi connectivity index (χ3v) is 2.35. The highest BCUT2D eigenvalue weighted by Gasteiger charge is 2.08. The number of carbonyl (C=O) groups is 1. The van der Waals surface area contributed by atoms with Crippen LogP contribution < -0.4 is 5.32 Å². The lowest BCUT2D eigenvalue weighted by Crippen LogP contribution is -2.10. The second-order valence-corrected chi connectivity index (χ2v) is 3.58. The summed E-state index contributed by atoms with van der Waals surface area (Å²) in [6.45, 7) is -0.127. The molecule has 1 radical (unpaired) electrons. The smallest absolute Gasteiger partial charge is 0.291 e. The van der Waals surface area contributed by atoms with Gasteiger partial charge in [0, 0.05) is 5.69 Å². The Morgan fingerprint density at radius 1 is 1.18 bits per heavy atom. The SMILES string of the molecule is [O]CCc1ccc(NC(=O)c2ccco2)cc1. The summed E-state index contributed by atoms with van der Waals surface area (Å²) < 4.78 is 4.98. The van der Waals surface area contributed by atoms with E-state index in [0.717, 1.165) is 5.56 Å². The van der Waals surface area contributed by atoms with E-state index in [9.17, 15) is 9.90 Å². The Morgan fingerprint density at radius 2 is 1.94 bits per heavy atom. The van der Waals surface area contributed by atoms with Crippen LogP contribution in [0.2, 0.25) is 0 Å². The summed E-state index contributed by atoms with van der Waals surface area (Å²) in [5, 5.41) is 13.1. The Morgan fingerprint density at radius 3 is 2.53 bits per heavy atom. The molecule has 2 aromatic rings. The van der Waals surface area contributed by atoms with E-state index < -0.39 is 0 Å². The van der Waals surface area contributed by atoms with Gasteiger partial charge >= 0.3 is 0 Å². The molecule has 1 amide bonds. The normalized spacial score (nSPS) is 10.2. The van der Waals surface area contributed by atoms with Crippen LogP contribution in [0.15, 0.2) is 47.1 Å². The predicted molar refractivity (Wildman–Crippen MR) is 62.4 cm³/mol. The van der Waals surface area contributed by atoms with E-state index in [-0.39, 0.29) is 18.3 Å². The number of rotatable bonds is 4. The van der Waals surface area contributed by atoms with Crippen LogP contribution >= 0.6 is 0 Å². The van der Waals surface area contributed by atoms with Crippen molar-refractivity contribution in [2.45, 2.75) is 6.42 Å². The molecule has 0 fully saturated rings. The molecule has 0 aliphatic rings. The summed E-state index contributed by atoms with van der Waals surface area (Å²) in [5.41, 5.74) is 1.65. The predicted octanol–water partition coefficient (Wildman–Crippen LogP) is 2.50. The first kappa shape index (κ1) is 11.4. The molecule has 87 valence electrons. The average molecular weight is 230 g/mol. The average Bonchev–Trinajstić information content (AvgIpc) is 2.86. The van der Waals surface area contributed by atoms with Crippen LogP contribution in [0.25, 0.3) is 0 Å². The maximum absolute atomic E-state index is 11.6. The van der Waals surface area contributed by atoms with E-state index in [1.807, 2.05) is 12.1 Å². The maximum Gasteiger partial charge on any atom is 0.291 e. The number of furan rings is 1. The number of hydrogen-bond acceptors (Lipinski definition) is 2. The number of anilines is 1. The fraction of sp³-hybridized carbons (Fsp3) is 0.154. The van der Waals surface area contributed by atoms with Crippen molar-refractivity contribution in [2.75, 3.05) is 11.9 Å². The van der Waals surface area contributed by atoms with E-state index >= 15 is 0 Å². The van der Waals surface area contributed by atoms with Crippen molar-refractivity contribution in [1.29, 1.82) is 0 Å². The Balaban J connectivity index is 2.01. The highest BCUT2D eigenvalue weighted by atomic mass is 16.3. The van der Waals surface area contributed by atoms with Crippen LogP contribution in [0, 0.1) is 0 Å². The van der Waals surface area contributed by atoms with Crippen LogP contribution in [0.4, 0.5) is 5.69 Å². The van der Waals surface area contributed by atoms with E-state index in [0.29, 0.717) is 12.1 Å². The molecule has 0 aliphatic heterocycles. The van der Waals surface area contributed by atoms with Crippen molar-refractivity contribution in [3.63, 3.8) is 0 Å². The fourth-order valence-electron chi connectivity index (χ4n) is 1.47. The summed E-state index contributed by atoms with van der Waals surface area (Å²) in [6, 6.07) is 10.5. The molecule has 0 aliphatic carbocycles. The van der Waals surface area contributed by atoms with Crippen LogP contribution in [0.1, 0.15) is 16.1 Å². The van der Waals surface area contributed by atoms with Crippen LogP contribution in [0.3, 0.4) is 0 Å². The number of benzene rings is 1. The lowest BCUT2D eigenvalue weighted by molar-refractivity contribution is 0.0996. The molecule has 1 N–H and O–H groups in total. The van der Waals surface area contributed by atoms with Gasteiger partial charge in [-0.15, -0.1) is 0 Å². The van der Waals surface area contributed by atoms with Gasteiger partial charge in [0.1, 0.15) is 0 Å². The van der Waals surface area contributed by atoms with Crippen molar-refractivity contribution in [2.24, 2.45) is 0 Å². The molecular formula is C13H12NO3. The van der Waals surface area contributed by atoms with Crippen molar-refractivity contribution in [3.8, 4) is 0 Å². The summed E-state index contributed by atoms with van der Waals surface area (Å²) in [4.78, 5) is 11.6. The van der Waals surface area contributed by atoms with Crippen molar-refractivity contribution >= 4 is 11.6 Å². The molecule has 0 bridgehead atoms. The van der Waals surface area contributed by atoms with Crippen molar-refractivity contribution in [1.82, 2.24) is 0 Å². The van der Waals surface area contributed by atoms with Gasteiger partial charge in [0.05, 0.1) is 12.9 Å². The van der Waals surface area contributed by atoms with Gasteiger partial charge in [-0.2, -0.15) is 0 Å². The van der Waals surface area contributed by atoms with Crippen LogP contribution in [-0.4, -0.2) is 12.5 Å². The van der Waals surface area contributed by atoms with E-state index in [1.165, 1.54) is 6.26 Å². The number of carbonyl (C=O) groups excluding carboxylic acids is 1. The first-order chi connectivity index (χ1) is 8.29. The molecule has 1 aromatic carbocycles. The van der Waals surface area contributed by atoms with Gasteiger partial charge in [-0.05, 0) is 36.2 Å². The van der Waals surface area contributed by atoms with Gasteiger partial charge < -0.3 is 9.73 Å². The molecule has 17 heavy (non-hydrogen) atoms. The quantitative estimate of drug-likeness (QED) is 0.877. The Kier molecular flexibility index (Phi) is 3.57. The van der Waals surface area contributed by atoms with Gasteiger partial charge in [-0.1, -0.05) is 12.1 Å². The lowest BCUT2D eigenvalue weighted by Gasteiger charge is -2.04. The molecule has 2 rings (SSSR count). The summed E-state index contributed by atoms with van der Waals surface area (Å²) in [6.07, 6.45) is 1.96. The highest BCUT2D eigenvalue weighted by Crippen LogP contribution is 2.12. The first-order valence-electron chi connectivity index (χ1n) is 5.31. The molecule has 4 nitrogen and oxygen atoms in total. The zero-order chi connectivity index (χ0) is 12.1. The minimum atomic E-state index is -0.286. The van der Waals surface area contributed by atoms with Crippen molar-refractivity contribution < 1.29 is 14.3 Å². The summed E-state index contributed by atoms with van der Waals surface area (Å²) in [5.74, 6) is -0.0137.